The molecule has 4 rings (SSSR count). The zero-order valence-electron chi connectivity index (χ0n) is 18.1. The number of nitrogens with zero attached hydrogens (tertiary/aromatic N) is 2. The summed E-state index contributed by atoms with van der Waals surface area (Å²) in [6, 6.07) is 9.45. The fourth-order valence-electron chi connectivity index (χ4n) is 4.31. The molecule has 1 N–H and O–H groups in total. The number of aromatic nitrogens is 2. The predicted octanol–water partition coefficient (Wildman–Crippen LogP) is 5.52. The lowest BCUT2D eigenvalue weighted by molar-refractivity contribution is -0.120. The average molecular weight is 438 g/mol. The lowest BCUT2D eigenvalue weighted by Crippen LogP contribution is -2.24. The standard InChI is InChI=1S/C24H27N3O3S/c1-15-13-20(16(2)27(15)19-11-9-18(10-12-19)23(29)30-3)21-14-31-24(25-21)26-22(28)17-7-5-4-6-8-17/h9-14,17H,4-8H2,1-3H3,(H,25,26,28). The number of carbonyl (C=O) groups is 2. The summed E-state index contributed by atoms with van der Waals surface area (Å²) in [4.78, 5) is 28.9. The van der Waals surface area contributed by atoms with E-state index in [1.165, 1.54) is 24.9 Å². The van der Waals surface area contributed by atoms with Gasteiger partial charge in [-0.25, -0.2) is 9.78 Å². The Bertz CT molecular complexity index is 1090. The fourth-order valence-corrected chi connectivity index (χ4v) is 5.02. The Hall–Kier alpha value is -2.93. The van der Waals surface area contributed by atoms with E-state index in [4.69, 9.17) is 4.74 Å². The number of hydrogen-bond acceptors (Lipinski definition) is 5. The van der Waals surface area contributed by atoms with Crippen LogP contribution in [0.2, 0.25) is 0 Å². The third-order valence-corrected chi connectivity index (χ3v) is 6.72. The van der Waals surface area contributed by atoms with Crippen molar-refractivity contribution in [2.75, 3.05) is 12.4 Å². The van der Waals surface area contributed by atoms with Crippen molar-refractivity contribution < 1.29 is 14.3 Å². The number of hydrogen-bond donors (Lipinski definition) is 1. The van der Waals surface area contributed by atoms with E-state index in [-0.39, 0.29) is 17.8 Å². The molecule has 0 bridgehead atoms. The van der Waals surface area contributed by atoms with E-state index < -0.39 is 0 Å². The quantitative estimate of drug-likeness (QED) is 0.533. The number of carbonyl (C=O) groups excluding carboxylic acids is 2. The summed E-state index contributed by atoms with van der Waals surface area (Å²) in [6.07, 6.45) is 5.44. The molecule has 0 spiro atoms. The van der Waals surface area contributed by atoms with Gasteiger partial charge < -0.3 is 14.6 Å². The lowest BCUT2D eigenvalue weighted by Gasteiger charge is -2.19. The number of benzene rings is 1. The van der Waals surface area contributed by atoms with Crippen molar-refractivity contribution in [3.63, 3.8) is 0 Å². The van der Waals surface area contributed by atoms with E-state index >= 15 is 0 Å². The molecule has 1 aromatic carbocycles. The van der Waals surface area contributed by atoms with Crippen LogP contribution >= 0.6 is 11.3 Å². The minimum absolute atomic E-state index is 0.0942. The van der Waals surface area contributed by atoms with Crippen molar-refractivity contribution >= 4 is 28.3 Å². The first kappa shape index (κ1) is 21.3. The van der Waals surface area contributed by atoms with Gasteiger partial charge in [-0.05, 0) is 57.0 Å². The summed E-state index contributed by atoms with van der Waals surface area (Å²) in [7, 11) is 1.38. The summed E-state index contributed by atoms with van der Waals surface area (Å²) in [6.45, 7) is 4.10. The number of ether oxygens (including phenoxy) is 1. The van der Waals surface area contributed by atoms with Gasteiger partial charge in [0.15, 0.2) is 5.13 Å². The first-order chi connectivity index (χ1) is 15.0. The minimum atomic E-state index is -0.349. The van der Waals surface area contributed by atoms with Gasteiger partial charge in [0.25, 0.3) is 0 Å². The maximum absolute atomic E-state index is 12.5. The van der Waals surface area contributed by atoms with Crippen LogP contribution in [0.1, 0.15) is 53.8 Å². The van der Waals surface area contributed by atoms with Crippen LogP contribution in [0.4, 0.5) is 5.13 Å². The fraction of sp³-hybridized carbons (Fsp3) is 0.375. The van der Waals surface area contributed by atoms with Crippen molar-refractivity contribution in [2.24, 2.45) is 5.92 Å². The molecule has 1 saturated carbocycles. The van der Waals surface area contributed by atoms with Crippen molar-refractivity contribution in [2.45, 2.75) is 46.0 Å². The van der Waals surface area contributed by atoms with Gasteiger partial charge in [0, 0.05) is 33.9 Å². The molecule has 1 aliphatic rings. The monoisotopic (exact) mass is 437 g/mol. The summed E-state index contributed by atoms with van der Waals surface area (Å²) in [5.41, 5.74) is 5.50. The SMILES string of the molecule is COC(=O)c1ccc(-n2c(C)cc(-c3csc(NC(=O)C4CCCCC4)n3)c2C)cc1. The highest BCUT2D eigenvalue weighted by atomic mass is 32.1. The topological polar surface area (TPSA) is 73.2 Å². The van der Waals surface area contributed by atoms with E-state index in [2.05, 4.69) is 27.9 Å². The first-order valence-electron chi connectivity index (χ1n) is 10.6. The number of thiazole rings is 1. The molecule has 0 aliphatic heterocycles. The molecule has 0 atom stereocenters. The molecule has 2 heterocycles. The molecule has 6 nitrogen and oxygen atoms in total. The second-order valence-electron chi connectivity index (χ2n) is 8.02. The third-order valence-electron chi connectivity index (χ3n) is 5.96. The molecule has 1 amide bonds. The van der Waals surface area contributed by atoms with Gasteiger partial charge in [-0.3, -0.25) is 4.79 Å². The lowest BCUT2D eigenvalue weighted by atomic mass is 9.89. The van der Waals surface area contributed by atoms with Crippen LogP contribution in [-0.4, -0.2) is 28.5 Å². The molecular formula is C24H27N3O3S. The van der Waals surface area contributed by atoms with Gasteiger partial charge in [-0.2, -0.15) is 0 Å². The van der Waals surface area contributed by atoms with Crippen LogP contribution in [0.5, 0.6) is 0 Å². The molecule has 162 valence electrons. The summed E-state index contributed by atoms with van der Waals surface area (Å²) in [5.74, 6) is -0.144. The normalized spacial score (nSPS) is 14.4. The maximum atomic E-state index is 12.5. The molecular weight excluding hydrogens is 410 g/mol. The molecule has 31 heavy (non-hydrogen) atoms. The smallest absolute Gasteiger partial charge is 0.337 e. The Balaban J connectivity index is 1.55. The first-order valence-corrected chi connectivity index (χ1v) is 11.5. The third kappa shape index (κ3) is 4.42. The number of aryl methyl sites for hydroxylation is 1. The molecule has 0 radical (unpaired) electrons. The summed E-state index contributed by atoms with van der Waals surface area (Å²) < 4.78 is 6.91. The van der Waals surface area contributed by atoms with Gasteiger partial charge in [-0.1, -0.05) is 19.3 Å². The molecule has 0 unspecified atom stereocenters. The summed E-state index contributed by atoms with van der Waals surface area (Å²) in [5, 5.41) is 5.65. The molecule has 1 fully saturated rings. The van der Waals surface area contributed by atoms with E-state index in [9.17, 15) is 9.59 Å². The number of anilines is 1. The predicted molar refractivity (Wildman–Crippen MR) is 123 cm³/mol. The number of nitrogens with one attached hydrogen (secondary N) is 1. The van der Waals surface area contributed by atoms with Crippen molar-refractivity contribution in [3.8, 4) is 16.9 Å². The van der Waals surface area contributed by atoms with Crippen LogP contribution in [0.15, 0.2) is 35.7 Å². The van der Waals surface area contributed by atoms with E-state index in [1.54, 1.807) is 12.1 Å². The second kappa shape index (κ2) is 9.06. The number of rotatable bonds is 5. The van der Waals surface area contributed by atoms with Gasteiger partial charge in [0.1, 0.15) is 0 Å². The molecule has 7 heteroatoms. The highest BCUT2D eigenvalue weighted by molar-refractivity contribution is 7.14. The Morgan fingerprint density at radius 1 is 1.13 bits per heavy atom. The Morgan fingerprint density at radius 3 is 2.52 bits per heavy atom. The highest BCUT2D eigenvalue weighted by Crippen LogP contribution is 2.32. The average Bonchev–Trinajstić information content (AvgIpc) is 3.37. The zero-order valence-corrected chi connectivity index (χ0v) is 18.9. The number of amides is 1. The molecule has 2 aromatic heterocycles. The van der Waals surface area contributed by atoms with Gasteiger partial charge in [-0.15, -0.1) is 11.3 Å². The second-order valence-corrected chi connectivity index (χ2v) is 8.88. The van der Waals surface area contributed by atoms with E-state index in [1.807, 2.05) is 24.4 Å². The van der Waals surface area contributed by atoms with Crippen LogP contribution in [0.3, 0.4) is 0 Å². The largest absolute Gasteiger partial charge is 0.465 e. The van der Waals surface area contributed by atoms with Gasteiger partial charge >= 0.3 is 5.97 Å². The minimum Gasteiger partial charge on any atom is -0.465 e. The summed E-state index contributed by atoms with van der Waals surface area (Å²) >= 11 is 1.46. The number of methoxy groups -OCH3 is 1. The van der Waals surface area contributed by atoms with Crippen LogP contribution in [-0.2, 0) is 9.53 Å². The van der Waals surface area contributed by atoms with E-state index in [0.29, 0.717) is 10.7 Å². The zero-order chi connectivity index (χ0) is 22.0. The highest BCUT2D eigenvalue weighted by Gasteiger charge is 2.22. The van der Waals surface area contributed by atoms with Crippen LogP contribution < -0.4 is 5.32 Å². The Labute approximate surface area is 186 Å². The molecule has 1 aliphatic carbocycles. The Kier molecular flexibility index (Phi) is 6.23. The van der Waals surface area contributed by atoms with Crippen LogP contribution in [0, 0.1) is 19.8 Å². The maximum Gasteiger partial charge on any atom is 0.337 e. The van der Waals surface area contributed by atoms with E-state index in [0.717, 1.165) is 54.0 Å². The van der Waals surface area contributed by atoms with Crippen molar-refractivity contribution in [1.29, 1.82) is 0 Å². The Morgan fingerprint density at radius 2 is 1.84 bits per heavy atom. The molecule has 0 saturated heterocycles. The van der Waals surface area contributed by atoms with Gasteiger partial charge in [0.05, 0.1) is 18.4 Å². The van der Waals surface area contributed by atoms with Gasteiger partial charge in [0.2, 0.25) is 5.91 Å². The number of esters is 1. The van der Waals surface area contributed by atoms with Crippen molar-refractivity contribution in [1.82, 2.24) is 9.55 Å². The van der Waals surface area contributed by atoms with Crippen LogP contribution in [0.25, 0.3) is 16.9 Å². The van der Waals surface area contributed by atoms with Crippen molar-refractivity contribution in [3.05, 3.63) is 52.7 Å². The molecule has 3 aromatic rings.